The van der Waals surface area contributed by atoms with E-state index >= 15 is 0 Å². The third-order valence-electron chi connectivity index (χ3n) is 4.39. The molecule has 25 heavy (non-hydrogen) atoms. The van der Waals surface area contributed by atoms with Crippen molar-refractivity contribution in [2.45, 2.75) is 19.3 Å². The minimum Gasteiger partial charge on any atom is -0.384 e. The molecule has 126 valence electrons. The lowest BCUT2D eigenvalue weighted by Gasteiger charge is -2.31. The molecule has 1 aliphatic heterocycles. The van der Waals surface area contributed by atoms with Gasteiger partial charge >= 0.3 is 0 Å². The van der Waals surface area contributed by atoms with Crippen molar-refractivity contribution in [1.82, 2.24) is 4.98 Å². The number of H-pyrrole nitrogens is 1. The van der Waals surface area contributed by atoms with E-state index in [1.807, 2.05) is 30.3 Å². The van der Waals surface area contributed by atoms with Crippen molar-refractivity contribution in [2.75, 3.05) is 23.7 Å². The normalized spacial score (nSPS) is 14.0. The molecule has 0 bridgehead atoms. The van der Waals surface area contributed by atoms with Crippen molar-refractivity contribution >= 4 is 27.4 Å². The van der Waals surface area contributed by atoms with Gasteiger partial charge in [0.1, 0.15) is 29.1 Å². The second-order valence-electron chi connectivity index (χ2n) is 5.93. The molecule has 0 spiro atoms. The predicted molar refractivity (Wildman–Crippen MR) is 100 cm³/mol. The number of hydrogen-bond acceptors (Lipinski definition) is 5. The number of nitrogens with one attached hydrogen (secondary N) is 1. The maximum absolute atomic E-state index is 12.2. The van der Waals surface area contributed by atoms with Crippen LogP contribution in [0.1, 0.15) is 30.4 Å². The summed E-state index contributed by atoms with van der Waals surface area (Å²) in [4.78, 5) is 16.8. The van der Waals surface area contributed by atoms with Gasteiger partial charge in [-0.05, 0) is 37.5 Å². The average molecular weight is 398 g/mol. The quantitative estimate of drug-likeness (QED) is 0.808. The van der Waals surface area contributed by atoms with E-state index in [-0.39, 0.29) is 16.9 Å². The Kier molecular flexibility index (Phi) is 4.78. The Balaban J connectivity index is 2.34. The molecule has 1 saturated heterocycles. The van der Waals surface area contributed by atoms with Gasteiger partial charge in [-0.2, -0.15) is 10.5 Å². The fraction of sp³-hybridized carbons (Fsp3) is 0.278. The summed E-state index contributed by atoms with van der Waals surface area (Å²) in [5, 5.41) is 19.1. The lowest BCUT2D eigenvalue weighted by molar-refractivity contribution is 0.578. The minimum absolute atomic E-state index is 0.0222. The number of piperidine rings is 1. The van der Waals surface area contributed by atoms with Crippen molar-refractivity contribution in [3.8, 4) is 23.3 Å². The number of hydrogen-bond donors (Lipinski definition) is 2. The van der Waals surface area contributed by atoms with Crippen LogP contribution in [-0.2, 0) is 0 Å². The molecule has 2 heterocycles. The van der Waals surface area contributed by atoms with E-state index < -0.39 is 5.56 Å². The third-order valence-corrected chi connectivity index (χ3v) is 4.89. The number of nitrogen functional groups attached to an aromatic ring is 1. The Morgan fingerprint density at radius 3 is 2.44 bits per heavy atom. The van der Waals surface area contributed by atoms with E-state index in [1.54, 1.807) is 0 Å². The Labute approximate surface area is 153 Å². The summed E-state index contributed by atoms with van der Waals surface area (Å²) in [5.41, 5.74) is 7.16. The molecule has 0 amide bonds. The number of anilines is 2. The van der Waals surface area contributed by atoms with Crippen molar-refractivity contribution in [3.63, 3.8) is 0 Å². The van der Waals surface area contributed by atoms with Crippen LogP contribution in [0.4, 0.5) is 11.5 Å². The van der Waals surface area contributed by atoms with Crippen LogP contribution in [0.3, 0.4) is 0 Å². The predicted octanol–water partition coefficient (Wildman–Crippen LogP) is 3.12. The highest BCUT2D eigenvalue weighted by atomic mass is 79.9. The molecule has 2 aromatic rings. The molecule has 3 rings (SSSR count). The first-order chi connectivity index (χ1) is 12.1. The van der Waals surface area contributed by atoms with Crippen molar-refractivity contribution in [1.29, 1.82) is 10.5 Å². The number of nitrogens with two attached hydrogens (primary N) is 1. The molecule has 1 fully saturated rings. The van der Waals surface area contributed by atoms with Crippen molar-refractivity contribution in [2.24, 2.45) is 0 Å². The smallest absolute Gasteiger partial charge is 0.268 e. The molecule has 0 unspecified atom stereocenters. The molecule has 0 radical (unpaired) electrons. The zero-order valence-corrected chi connectivity index (χ0v) is 15.1. The Morgan fingerprint density at radius 1 is 1.12 bits per heavy atom. The number of rotatable bonds is 2. The SMILES string of the molecule is N#Cc1c(N)[nH]c(=O)c(C#N)c1-c1cc(Br)ccc1N1CCCCC1. The highest BCUT2D eigenvalue weighted by Crippen LogP contribution is 2.38. The van der Waals surface area contributed by atoms with E-state index in [4.69, 9.17) is 5.73 Å². The van der Waals surface area contributed by atoms with Gasteiger partial charge in [0.05, 0.1) is 0 Å². The largest absolute Gasteiger partial charge is 0.384 e. The highest BCUT2D eigenvalue weighted by molar-refractivity contribution is 9.10. The van der Waals surface area contributed by atoms with Crippen LogP contribution < -0.4 is 16.2 Å². The molecule has 1 aromatic heterocycles. The second-order valence-corrected chi connectivity index (χ2v) is 6.84. The van der Waals surface area contributed by atoms with Gasteiger partial charge in [-0.3, -0.25) is 4.79 Å². The lowest BCUT2D eigenvalue weighted by Crippen LogP contribution is -2.30. The summed E-state index contributed by atoms with van der Waals surface area (Å²) >= 11 is 3.45. The second kappa shape index (κ2) is 7.00. The first-order valence-corrected chi connectivity index (χ1v) is 8.77. The fourth-order valence-corrected chi connectivity index (χ4v) is 3.59. The zero-order valence-electron chi connectivity index (χ0n) is 13.5. The summed E-state index contributed by atoms with van der Waals surface area (Å²) in [7, 11) is 0. The van der Waals surface area contributed by atoms with Gasteiger partial charge in [-0.15, -0.1) is 0 Å². The number of nitrogens with zero attached hydrogens (tertiary/aromatic N) is 3. The van der Waals surface area contributed by atoms with Crippen LogP contribution in [-0.4, -0.2) is 18.1 Å². The van der Waals surface area contributed by atoms with Gasteiger partial charge in [0, 0.05) is 34.4 Å². The van der Waals surface area contributed by atoms with Crippen LogP contribution >= 0.6 is 15.9 Å². The number of pyridine rings is 1. The molecule has 0 atom stereocenters. The van der Waals surface area contributed by atoms with Crippen LogP contribution in [0.15, 0.2) is 27.5 Å². The maximum atomic E-state index is 12.2. The zero-order chi connectivity index (χ0) is 18.0. The maximum Gasteiger partial charge on any atom is 0.268 e. The Hall–Kier alpha value is -2.77. The van der Waals surface area contributed by atoms with Crippen molar-refractivity contribution < 1.29 is 0 Å². The standard InChI is InChI=1S/C18H16BrN5O/c19-11-4-5-15(24-6-2-1-3-7-24)12(8-11)16-13(9-20)17(22)23-18(25)14(16)10-21/h4-5,8H,1-3,6-7H2,(H3,22,23,25). The highest BCUT2D eigenvalue weighted by Gasteiger charge is 2.23. The van der Waals surface area contributed by atoms with Crippen LogP contribution in [0.5, 0.6) is 0 Å². The van der Waals surface area contributed by atoms with Gasteiger partial charge < -0.3 is 15.6 Å². The van der Waals surface area contributed by atoms with E-state index in [9.17, 15) is 15.3 Å². The molecule has 3 N–H and O–H groups in total. The Morgan fingerprint density at radius 2 is 1.80 bits per heavy atom. The molecule has 1 aliphatic rings. The third kappa shape index (κ3) is 3.11. The van der Waals surface area contributed by atoms with Crippen LogP contribution in [0, 0.1) is 22.7 Å². The van der Waals surface area contributed by atoms with Gasteiger partial charge in [0.15, 0.2) is 0 Å². The molecule has 0 saturated carbocycles. The Bertz CT molecular complexity index is 961. The summed E-state index contributed by atoms with van der Waals surface area (Å²) in [6.07, 6.45) is 3.36. The number of nitriles is 2. The summed E-state index contributed by atoms with van der Waals surface area (Å²) in [6.45, 7) is 1.80. The van der Waals surface area contributed by atoms with Crippen molar-refractivity contribution in [3.05, 3.63) is 44.2 Å². The number of aromatic nitrogens is 1. The van der Waals surface area contributed by atoms with Gasteiger partial charge in [-0.25, -0.2) is 0 Å². The molecule has 7 heteroatoms. The van der Waals surface area contributed by atoms with Gasteiger partial charge in [-0.1, -0.05) is 15.9 Å². The molecular weight excluding hydrogens is 382 g/mol. The lowest BCUT2D eigenvalue weighted by atomic mass is 9.94. The van der Waals surface area contributed by atoms with Crippen LogP contribution in [0.25, 0.3) is 11.1 Å². The molecule has 0 aliphatic carbocycles. The number of halogens is 1. The molecule has 1 aromatic carbocycles. The fourth-order valence-electron chi connectivity index (χ4n) is 3.23. The van der Waals surface area contributed by atoms with E-state index in [0.717, 1.165) is 36.1 Å². The van der Waals surface area contributed by atoms with Gasteiger partial charge in [0.2, 0.25) is 0 Å². The number of aromatic amines is 1. The summed E-state index contributed by atoms with van der Waals surface area (Å²) < 4.78 is 0.801. The summed E-state index contributed by atoms with van der Waals surface area (Å²) in [5.74, 6) is -0.0222. The topological polar surface area (TPSA) is 110 Å². The summed E-state index contributed by atoms with van der Waals surface area (Å²) in [6, 6.07) is 9.66. The van der Waals surface area contributed by atoms with E-state index in [1.165, 1.54) is 6.42 Å². The first kappa shape index (κ1) is 17.1. The van der Waals surface area contributed by atoms with Crippen LogP contribution in [0.2, 0.25) is 0 Å². The monoisotopic (exact) mass is 397 g/mol. The van der Waals surface area contributed by atoms with E-state index in [0.29, 0.717) is 11.1 Å². The number of benzene rings is 1. The average Bonchev–Trinajstić information content (AvgIpc) is 2.62. The molecule has 6 nitrogen and oxygen atoms in total. The first-order valence-electron chi connectivity index (χ1n) is 7.97. The minimum atomic E-state index is -0.585. The van der Waals surface area contributed by atoms with E-state index in [2.05, 4.69) is 25.8 Å². The molecular formula is C18H16BrN5O. The van der Waals surface area contributed by atoms with Gasteiger partial charge in [0.25, 0.3) is 5.56 Å².